The number of nitrogen functional groups attached to an aromatic ring is 1. The Hall–Kier alpha value is -1.72. The van der Waals surface area contributed by atoms with Crippen LogP contribution in [0.15, 0.2) is 12.1 Å². The first kappa shape index (κ1) is 12.4. The van der Waals surface area contributed by atoms with E-state index in [0.717, 1.165) is 4.90 Å². The van der Waals surface area contributed by atoms with Crippen LogP contribution in [0.5, 0.6) is 0 Å². The van der Waals surface area contributed by atoms with Crippen molar-refractivity contribution in [3.05, 3.63) is 23.4 Å². The molecule has 0 aliphatic heterocycles. The van der Waals surface area contributed by atoms with Crippen molar-refractivity contribution in [1.29, 1.82) is 0 Å². The normalized spacial score (nSPS) is 10.6. The van der Waals surface area contributed by atoms with Gasteiger partial charge in [-0.3, -0.25) is 4.79 Å². The van der Waals surface area contributed by atoms with Crippen LogP contribution in [0.1, 0.15) is 16.1 Å². The number of nitrogens with two attached hydrogens (primary N) is 1. The molecule has 0 radical (unpaired) electrons. The summed E-state index contributed by atoms with van der Waals surface area (Å²) in [6.45, 7) is 1.08. The molecule has 0 fully saturated rings. The summed E-state index contributed by atoms with van der Waals surface area (Å²) >= 11 is 0. The van der Waals surface area contributed by atoms with E-state index < -0.39 is 18.9 Å². The van der Waals surface area contributed by atoms with E-state index >= 15 is 0 Å². The van der Waals surface area contributed by atoms with Crippen LogP contribution in [-0.4, -0.2) is 35.8 Å². The lowest BCUT2D eigenvalue weighted by molar-refractivity contribution is 0.0620. The van der Waals surface area contributed by atoms with E-state index in [1.807, 2.05) is 0 Å². The largest absolute Gasteiger partial charge is 0.384 e. The van der Waals surface area contributed by atoms with Crippen molar-refractivity contribution in [2.75, 3.05) is 19.3 Å². The number of anilines is 1. The molecule has 2 N–H and O–H groups in total. The molecule has 4 nitrogen and oxygen atoms in total. The van der Waals surface area contributed by atoms with Crippen molar-refractivity contribution < 1.29 is 13.6 Å². The minimum absolute atomic E-state index is 0.203. The Balaban J connectivity index is 2.87. The minimum Gasteiger partial charge on any atom is -0.384 e. The van der Waals surface area contributed by atoms with E-state index in [2.05, 4.69) is 4.98 Å². The number of carbonyl (C=O) groups excluding carboxylic acids is 1. The van der Waals surface area contributed by atoms with Crippen LogP contribution < -0.4 is 5.73 Å². The third-order valence-electron chi connectivity index (χ3n) is 1.98. The SMILES string of the molecule is Cc1cc(C(=O)N(C)CC(F)F)cc(N)n1. The van der Waals surface area contributed by atoms with E-state index in [-0.39, 0.29) is 11.4 Å². The van der Waals surface area contributed by atoms with Crippen molar-refractivity contribution >= 4 is 11.7 Å². The minimum atomic E-state index is -2.55. The first-order chi connectivity index (χ1) is 7.40. The zero-order valence-corrected chi connectivity index (χ0v) is 9.08. The standard InChI is InChI=1S/C10H13F2N3O/c1-6-3-7(4-9(13)14-6)10(16)15(2)5-8(11)12/h3-4,8H,5H2,1-2H3,(H2,13,14). The maximum Gasteiger partial charge on any atom is 0.255 e. The molecule has 16 heavy (non-hydrogen) atoms. The van der Waals surface area contributed by atoms with Crippen molar-refractivity contribution in [2.45, 2.75) is 13.3 Å². The first-order valence-corrected chi connectivity index (χ1v) is 4.68. The van der Waals surface area contributed by atoms with Crippen molar-refractivity contribution in [3.8, 4) is 0 Å². The molecule has 0 spiro atoms. The van der Waals surface area contributed by atoms with Gasteiger partial charge in [0.1, 0.15) is 5.82 Å². The fraction of sp³-hybridized carbons (Fsp3) is 0.400. The van der Waals surface area contributed by atoms with Crippen LogP contribution in [0, 0.1) is 6.92 Å². The number of rotatable bonds is 3. The van der Waals surface area contributed by atoms with Gasteiger partial charge in [0.2, 0.25) is 0 Å². The molecule has 1 amide bonds. The summed E-state index contributed by atoms with van der Waals surface area (Å²) in [7, 11) is 1.32. The summed E-state index contributed by atoms with van der Waals surface area (Å²) in [5.41, 5.74) is 6.32. The van der Waals surface area contributed by atoms with Gasteiger partial charge in [-0.15, -0.1) is 0 Å². The van der Waals surface area contributed by atoms with Crippen LogP contribution in [0.2, 0.25) is 0 Å². The van der Waals surface area contributed by atoms with E-state index in [0.29, 0.717) is 5.69 Å². The van der Waals surface area contributed by atoms with Crippen LogP contribution >= 0.6 is 0 Å². The number of nitrogens with zero attached hydrogens (tertiary/aromatic N) is 2. The molecule has 0 saturated heterocycles. The fourth-order valence-corrected chi connectivity index (χ4v) is 1.33. The molecule has 0 atom stereocenters. The second kappa shape index (κ2) is 4.87. The molecule has 6 heteroatoms. The molecule has 1 aromatic heterocycles. The van der Waals surface area contributed by atoms with Gasteiger partial charge in [0.05, 0.1) is 6.54 Å². The van der Waals surface area contributed by atoms with Gasteiger partial charge in [0.15, 0.2) is 0 Å². The molecule has 0 aliphatic carbocycles. The van der Waals surface area contributed by atoms with Gasteiger partial charge in [0.25, 0.3) is 12.3 Å². The van der Waals surface area contributed by atoms with E-state index in [1.54, 1.807) is 6.92 Å². The molecule has 0 aromatic carbocycles. The highest BCUT2D eigenvalue weighted by Gasteiger charge is 2.16. The average Bonchev–Trinajstić information content (AvgIpc) is 2.13. The first-order valence-electron chi connectivity index (χ1n) is 4.68. The molecular formula is C10H13F2N3O. The summed E-state index contributed by atoms with van der Waals surface area (Å²) < 4.78 is 24.2. The molecule has 0 aliphatic rings. The molecular weight excluding hydrogens is 216 g/mol. The highest BCUT2D eigenvalue weighted by Crippen LogP contribution is 2.10. The number of aromatic nitrogens is 1. The Kier molecular flexibility index (Phi) is 3.76. The third-order valence-corrected chi connectivity index (χ3v) is 1.98. The van der Waals surface area contributed by atoms with Gasteiger partial charge in [-0.25, -0.2) is 13.8 Å². The van der Waals surface area contributed by atoms with E-state index in [9.17, 15) is 13.6 Å². The summed E-state index contributed by atoms with van der Waals surface area (Å²) in [5.74, 6) is -0.286. The molecule has 0 saturated carbocycles. The number of hydrogen-bond donors (Lipinski definition) is 1. The maximum absolute atomic E-state index is 12.1. The van der Waals surface area contributed by atoms with Crippen molar-refractivity contribution in [1.82, 2.24) is 9.88 Å². The lowest BCUT2D eigenvalue weighted by atomic mass is 10.2. The number of alkyl halides is 2. The lowest BCUT2D eigenvalue weighted by Crippen LogP contribution is -2.31. The maximum atomic E-state index is 12.1. The van der Waals surface area contributed by atoms with Gasteiger partial charge in [0, 0.05) is 18.3 Å². The lowest BCUT2D eigenvalue weighted by Gasteiger charge is -2.16. The fourth-order valence-electron chi connectivity index (χ4n) is 1.33. The zero-order valence-electron chi connectivity index (χ0n) is 9.08. The molecule has 1 heterocycles. The number of amides is 1. The van der Waals surface area contributed by atoms with Gasteiger partial charge < -0.3 is 10.6 Å². The van der Waals surface area contributed by atoms with Gasteiger partial charge >= 0.3 is 0 Å². The van der Waals surface area contributed by atoms with Crippen LogP contribution in [0.25, 0.3) is 0 Å². The number of halogens is 2. The van der Waals surface area contributed by atoms with Crippen LogP contribution in [0.4, 0.5) is 14.6 Å². The highest BCUT2D eigenvalue weighted by atomic mass is 19.3. The molecule has 88 valence electrons. The summed E-state index contributed by atoms with van der Waals surface area (Å²) in [4.78, 5) is 16.5. The Morgan fingerprint density at radius 1 is 1.56 bits per heavy atom. The van der Waals surface area contributed by atoms with Crippen LogP contribution in [-0.2, 0) is 0 Å². The quantitative estimate of drug-likeness (QED) is 0.850. The number of carbonyl (C=O) groups is 1. The average molecular weight is 229 g/mol. The topological polar surface area (TPSA) is 59.2 Å². The second-order valence-corrected chi connectivity index (χ2v) is 3.50. The zero-order chi connectivity index (χ0) is 12.3. The van der Waals surface area contributed by atoms with Crippen molar-refractivity contribution in [2.24, 2.45) is 0 Å². The highest BCUT2D eigenvalue weighted by molar-refractivity contribution is 5.94. The van der Waals surface area contributed by atoms with Gasteiger partial charge in [-0.05, 0) is 19.1 Å². The van der Waals surface area contributed by atoms with Gasteiger partial charge in [-0.1, -0.05) is 0 Å². The molecule has 1 rings (SSSR count). The molecule has 0 unspecified atom stereocenters. The van der Waals surface area contributed by atoms with E-state index in [1.165, 1.54) is 19.2 Å². The number of hydrogen-bond acceptors (Lipinski definition) is 3. The van der Waals surface area contributed by atoms with Crippen LogP contribution in [0.3, 0.4) is 0 Å². The molecule has 0 bridgehead atoms. The predicted molar refractivity (Wildman–Crippen MR) is 56.4 cm³/mol. The third kappa shape index (κ3) is 3.15. The Morgan fingerprint density at radius 2 is 2.19 bits per heavy atom. The Morgan fingerprint density at radius 3 is 2.69 bits per heavy atom. The monoisotopic (exact) mass is 229 g/mol. The predicted octanol–water partition coefficient (Wildman–Crippen LogP) is 1.31. The molecule has 1 aromatic rings. The summed E-state index contributed by atoms with van der Waals surface area (Å²) in [6, 6.07) is 2.89. The number of aryl methyl sites for hydroxylation is 1. The number of pyridine rings is 1. The van der Waals surface area contributed by atoms with Gasteiger partial charge in [-0.2, -0.15) is 0 Å². The van der Waals surface area contributed by atoms with E-state index in [4.69, 9.17) is 5.73 Å². The second-order valence-electron chi connectivity index (χ2n) is 3.50. The summed E-state index contributed by atoms with van der Waals surface area (Å²) in [6.07, 6.45) is -2.55. The summed E-state index contributed by atoms with van der Waals surface area (Å²) in [5, 5.41) is 0. The van der Waals surface area contributed by atoms with Crippen molar-refractivity contribution in [3.63, 3.8) is 0 Å². The Bertz CT molecular complexity index is 375. The Labute approximate surface area is 92.1 Å². The smallest absolute Gasteiger partial charge is 0.255 e.